The van der Waals surface area contributed by atoms with Gasteiger partial charge in [-0.1, -0.05) is 35.9 Å². The minimum absolute atomic E-state index is 0.216. The van der Waals surface area contributed by atoms with E-state index < -0.39 is 5.97 Å². The summed E-state index contributed by atoms with van der Waals surface area (Å²) in [5.74, 6) is -0.234. The largest absolute Gasteiger partial charge is 0.478 e. The molecule has 0 heterocycles. The van der Waals surface area contributed by atoms with Crippen molar-refractivity contribution in [2.75, 3.05) is 0 Å². The fourth-order valence-corrected chi connectivity index (χ4v) is 2.73. The van der Waals surface area contributed by atoms with E-state index in [1.54, 1.807) is 23.9 Å². The van der Waals surface area contributed by atoms with Crippen LogP contribution in [0.15, 0.2) is 53.4 Å². The van der Waals surface area contributed by atoms with Crippen LogP contribution in [0.1, 0.15) is 15.9 Å². The van der Waals surface area contributed by atoms with Crippen LogP contribution in [0.5, 0.6) is 0 Å². The third-order valence-corrected chi connectivity index (χ3v) is 3.85. The summed E-state index contributed by atoms with van der Waals surface area (Å²) in [4.78, 5) is 11.9. The highest BCUT2D eigenvalue weighted by Crippen LogP contribution is 2.27. The van der Waals surface area contributed by atoms with E-state index in [0.29, 0.717) is 5.02 Å². The van der Waals surface area contributed by atoms with Crippen molar-refractivity contribution in [1.82, 2.24) is 0 Å². The van der Waals surface area contributed by atoms with Gasteiger partial charge in [0.05, 0.1) is 5.56 Å². The Hall–Kier alpha value is -1.45. The van der Waals surface area contributed by atoms with Crippen LogP contribution < -0.4 is 0 Å². The smallest absolute Gasteiger partial charge is 0.335 e. The minimum Gasteiger partial charge on any atom is -0.478 e. The average molecular weight is 279 g/mol. The predicted molar refractivity (Wildman–Crippen MR) is 74.4 cm³/mol. The molecule has 1 N–H and O–H groups in total. The Morgan fingerprint density at radius 2 is 1.89 bits per heavy atom. The first-order valence-corrected chi connectivity index (χ1v) is 6.73. The molecule has 18 heavy (non-hydrogen) atoms. The molecule has 2 aromatic carbocycles. The minimum atomic E-state index is -0.959. The van der Waals surface area contributed by atoms with Gasteiger partial charge in [-0.15, -0.1) is 11.8 Å². The second-order valence-corrected chi connectivity index (χ2v) is 5.17. The summed E-state index contributed by atoms with van der Waals surface area (Å²) in [5.41, 5.74) is 1.16. The van der Waals surface area contributed by atoms with E-state index in [4.69, 9.17) is 16.7 Å². The van der Waals surface area contributed by atoms with Gasteiger partial charge in [0, 0.05) is 15.7 Å². The first kappa shape index (κ1) is 13.0. The SMILES string of the molecule is O=C(O)c1ccc(CSc2ccccc2)c(Cl)c1. The number of hydrogen-bond acceptors (Lipinski definition) is 2. The highest BCUT2D eigenvalue weighted by atomic mass is 35.5. The standard InChI is InChI=1S/C14H11ClO2S/c15-13-8-10(14(16)17)6-7-11(13)9-18-12-4-2-1-3-5-12/h1-8H,9H2,(H,16,17). The molecule has 0 aliphatic heterocycles. The van der Waals surface area contributed by atoms with Gasteiger partial charge in [-0.3, -0.25) is 0 Å². The number of carboxylic acid groups (broad SMARTS) is 1. The Morgan fingerprint density at radius 3 is 2.50 bits per heavy atom. The number of aromatic carboxylic acids is 1. The van der Waals surface area contributed by atoms with Crippen molar-refractivity contribution in [3.63, 3.8) is 0 Å². The van der Waals surface area contributed by atoms with Crippen molar-refractivity contribution in [2.24, 2.45) is 0 Å². The fourth-order valence-electron chi connectivity index (χ4n) is 1.48. The van der Waals surface area contributed by atoms with Gasteiger partial charge in [0.15, 0.2) is 0 Å². The average Bonchev–Trinajstić information content (AvgIpc) is 2.38. The Labute approximate surface area is 115 Å². The van der Waals surface area contributed by atoms with E-state index >= 15 is 0 Å². The van der Waals surface area contributed by atoms with E-state index in [-0.39, 0.29) is 5.56 Å². The lowest BCUT2D eigenvalue weighted by atomic mass is 10.1. The first-order valence-electron chi connectivity index (χ1n) is 5.36. The second kappa shape index (κ2) is 5.94. The van der Waals surface area contributed by atoms with Crippen molar-refractivity contribution in [3.05, 3.63) is 64.7 Å². The monoisotopic (exact) mass is 278 g/mol. The molecule has 0 bridgehead atoms. The highest BCUT2D eigenvalue weighted by Gasteiger charge is 2.07. The van der Waals surface area contributed by atoms with Gasteiger partial charge < -0.3 is 5.11 Å². The summed E-state index contributed by atoms with van der Waals surface area (Å²) in [6.45, 7) is 0. The second-order valence-electron chi connectivity index (χ2n) is 3.71. The molecular formula is C14H11ClO2S. The van der Waals surface area contributed by atoms with Crippen LogP contribution in [-0.4, -0.2) is 11.1 Å². The van der Waals surface area contributed by atoms with Gasteiger partial charge in [0.25, 0.3) is 0 Å². The molecule has 0 saturated carbocycles. The van der Waals surface area contributed by atoms with Crippen molar-refractivity contribution >= 4 is 29.3 Å². The lowest BCUT2D eigenvalue weighted by molar-refractivity contribution is 0.0697. The zero-order valence-corrected chi connectivity index (χ0v) is 11.0. The number of thioether (sulfide) groups is 1. The summed E-state index contributed by atoms with van der Waals surface area (Å²) < 4.78 is 0. The number of hydrogen-bond donors (Lipinski definition) is 1. The van der Waals surface area contributed by atoms with Gasteiger partial charge in [0.2, 0.25) is 0 Å². The molecule has 0 atom stereocenters. The molecule has 0 fully saturated rings. The van der Waals surface area contributed by atoms with Crippen molar-refractivity contribution < 1.29 is 9.90 Å². The summed E-state index contributed by atoms with van der Waals surface area (Å²) >= 11 is 7.73. The molecule has 0 spiro atoms. The van der Waals surface area contributed by atoms with Crippen LogP contribution in [0.2, 0.25) is 5.02 Å². The molecule has 0 aromatic heterocycles. The molecule has 2 nitrogen and oxygen atoms in total. The van der Waals surface area contributed by atoms with Gasteiger partial charge in [-0.25, -0.2) is 4.79 Å². The summed E-state index contributed by atoms with van der Waals surface area (Å²) in [5, 5.41) is 9.34. The Morgan fingerprint density at radius 1 is 1.17 bits per heavy atom. The summed E-state index contributed by atoms with van der Waals surface area (Å²) in [6.07, 6.45) is 0. The molecule has 0 amide bonds. The summed E-state index contributed by atoms with van der Waals surface area (Å²) in [6, 6.07) is 14.8. The molecule has 0 radical (unpaired) electrons. The van der Waals surface area contributed by atoms with Gasteiger partial charge in [-0.2, -0.15) is 0 Å². The number of carbonyl (C=O) groups is 1. The Balaban J connectivity index is 2.08. The maximum atomic E-state index is 10.8. The number of halogens is 1. The highest BCUT2D eigenvalue weighted by molar-refractivity contribution is 7.98. The molecule has 4 heteroatoms. The van der Waals surface area contributed by atoms with E-state index in [1.165, 1.54) is 6.07 Å². The zero-order chi connectivity index (χ0) is 13.0. The van der Waals surface area contributed by atoms with E-state index in [9.17, 15) is 4.79 Å². The Bertz CT molecular complexity index is 555. The molecule has 2 aromatic rings. The normalized spacial score (nSPS) is 10.3. The first-order chi connectivity index (χ1) is 8.66. The summed E-state index contributed by atoms with van der Waals surface area (Å²) in [7, 11) is 0. The lowest BCUT2D eigenvalue weighted by Gasteiger charge is -2.05. The van der Waals surface area contributed by atoms with Gasteiger partial charge >= 0.3 is 5.97 Å². The quantitative estimate of drug-likeness (QED) is 0.846. The number of benzene rings is 2. The Kier molecular flexibility index (Phi) is 4.28. The van der Waals surface area contributed by atoms with E-state index in [2.05, 4.69) is 0 Å². The molecule has 2 rings (SSSR count). The molecule has 0 aliphatic carbocycles. The third-order valence-electron chi connectivity index (χ3n) is 2.44. The van der Waals surface area contributed by atoms with Crippen LogP contribution in [0, 0.1) is 0 Å². The van der Waals surface area contributed by atoms with E-state index in [0.717, 1.165) is 16.2 Å². The van der Waals surface area contributed by atoms with Gasteiger partial charge in [-0.05, 0) is 29.8 Å². The van der Waals surface area contributed by atoms with Crippen molar-refractivity contribution in [1.29, 1.82) is 0 Å². The van der Waals surface area contributed by atoms with Crippen LogP contribution >= 0.6 is 23.4 Å². The van der Waals surface area contributed by atoms with Crippen LogP contribution in [-0.2, 0) is 5.75 Å². The molecular weight excluding hydrogens is 268 g/mol. The molecule has 0 saturated heterocycles. The molecule has 0 aliphatic rings. The van der Waals surface area contributed by atoms with Crippen molar-refractivity contribution in [2.45, 2.75) is 10.6 Å². The maximum Gasteiger partial charge on any atom is 0.335 e. The lowest BCUT2D eigenvalue weighted by Crippen LogP contribution is -1.96. The topological polar surface area (TPSA) is 37.3 Å². The molecule has 92 valence electrons. The van der Waals surface area contributed by atoms with Crippen molar-refractivity contribution in [3.8, 4) is 0 Å². The zero-order valence-electron chi connectivity index (χ0n) is 9.47. The fraction of sp³-hybridized carbons (Fsp3) is 0.0714. The predicted octanol–water partition coefficient (Wildman–Crippen LogP) is 4.33. The van der Waals surface area contributed by atoms with E-state index in [1.807, 2.05) is 30.3 Å². The van der Waals surface area contributed by atoms with Crippen LogP contribution in [0.25, 0.3) is 0 Å². The number of rotatable bonds is 4. The van der Waals surface area contributed by atoms with Crippen LogP contribution in [0.4, 0.5) is 0 Å². The van der Waals surface area contributed by atoms with Crippen LogP contribution in [0.3, 0.4) is 0 Å². The maximum absolute atomic E-state index is 10.8. The molecule has 0 unspecified atom stereocenters. The van der Waals surface area contributed by atoms with Gasteiger partial charge in [0.1, 0.15) is 0 Å². The third kappa shape index (κ3) is 3.28. The number of carboxylic acids is 1.